The zero-order valence-corrected chi connectivity index (χ0v) is 12.6. The van der Waals surface area contributed by atoms with Gasteiger partial charge in [0.05, 0.1) is 5.56 Å². The molecule has 0 aromatic heterocycles. The molecule has 4 rings (SSSR count). The maximum absolute atomic E-state index is 11.0. The molecule has 3 aromatic rings. The predicted molar refractivity (Wildman–Crippen MR) is 89.4 cm³/mol. The summed E-state index contributed by atoms with van der Waals surface area (Å²) >= 11 is 0. The van der Waals surface area contributed by atoms with Gasteiger partial charge in [-0.1, -0.05) is 42.5 Å². The van der Waals surface area contributed by atoms with Gasteiger partial charge in [-0.15, -0.1) is 0 Å². The van der Waals surface area contributed by atoms with Crippen molar-refractivity contribution in [2.24, 2.45) is 0 Å². The van der Waals surface area contributed by atoms with Crippen molar-refractivity contribution in [2.45, 2.75) is 6.10 Å². The van der Waals surface area contributed by atoms with E-state index in [1.165, 1.54) is 0 Å². The number of hydrogen-bond donors (Lipinski definition) is 2. The summed E-state index contributed by atoms with van der Waals surface area (Å²) in [6, 6.07) is 19.6. The Hall–Kier alpha value is -3.11. The maximum Gasteiger partial charge on any atom is 0.335 e. The van der Waals surface area contributed by atoms with Crippen LogP contribution in [0, 0.1) is 0 Å². The summed E-state index contributed by atoms with van der Waals surface area (Å²) in [5.74, 6) is 0.297. The molecule has 4 nitrogen and oxygen atoms in total. The lowest BCUT2D eigenvalue weighted by Gasteiger charge is -2.27. The summed E-state index contributed by atoms with van der Waals surface area (Å²) < 4.78 is 5.92. The molecule has 0 amide bonds. The van der Waals surface area contributed by atoms with Crippen LogP contribution in [-0.4, -0.2) is 16.2 Å². The van der Waals surface area contributed by atoms with Gasteiger partial charge in [-0.05, 0) is 35.4 Å². The van der Waals surface area contributed by atoms with E-state index >= 15 is 0 Å². The van der Waals surface area contributed by atoms with Crippen molar-refractivity contribution in [3.05, 3.63) is 83.4 Å². The van der Waals surface area contributed by atoms with Crippen molar-refractivity contribution in [1.29, 1.82) is 0 Å². The van der Waals surface area contributed by atoms with Crippen molar-refractivity contribution >= 4 is 5.97 Å². The number of aliphatic hydroxyl groups excluding tert-OH is 1. The minimum atomic E-state index is -0.964. The van der Waals surface area contributed by atoms with Gasteiger partial charge in [0.1, 0.15) is 17.6 Å². The van der Waals surface area contributed by atoms with Gasteiger partial charge in [0.2, 0.25) is 0 Å². The van der Waals surface area contributed by atoms with E-state index in [0.29, 0.717) is 17.1 Å². The number of fused-ring (bicyclic) bond motifs is 2. The van der Waals surface area contributed by atoms with Gasteiger partial charge in [-0.25, -0.2) is 4.79 Å². The Labute approximate surface area is 138 Å². The van der Waals surface area contributed by atoms with Crippen molar-refractivity contribution in [3.8, 4) is 22.6 Å². The van der Waals surface area contributed by atoms with E-state index in [9.17, 15) is 9.90 Å². The maximum atomic E-state index is 11.0. The van der Waals surface area contributed by atoms with Crippen LogP contribution in [0.3, 0.4) is 0 Å². The normalized spacial score (nSPS) is 15.1. The van der Waals surface area contributed by atoms with Gasteiger partial charge >= 0.3 is 5.97 Å². The third kappa shape index (κ3) is 2.25. The number of ether oxygens (including phenoxy) is 1. The number of para-hydroxylation sites is 1. The van der Waals surface area contributed by atoms with Crippen LogP contribution >= 0.6 is 0 Å². The van der Waals surface area contributed by atoms with Crippen LogP contribution in [0.4, 0.5) is 0 Å². The van der Waals surface area contributed by atoms with E-state index in [0.717, 1.165) is 16.7 Å². The fraction of sp³-hybridized carbons (Fsp3) is 0.0500. The Balaban J connectivity index is 1.84. The van der Waals surface area contributed by atoms with Crippen LogP contribution < -0.4 is 4.74 Å². The Bertz CT molecular complexity index is 929. The van der Waals surface area contributed by atoms with E-state index in [2.05, 4.69) is 0 Å². The number of aliphatic hydroxyl groups is 1. The van der Waals surface area contributed by atoms with E-state index in [4.69, 9.17) is 9.84 Å². The number of carboxylic acids is 1. The van der Waals surface area contributed by atoms with Crippen LogP contribution in [0.25, 0.3) is 11.1 Å². The first-order chi connectivity index (χ1) is 11.6. The molecule has 3 aromatic carbocycles. The lowest BCUT2D eigenvalue weighted by Crippen LogP contribution is -2.11. The van der Waals surface area contributed by atoms with Gasteiger partial charge < -0.3 is 14.9 Å². The molecule has 1 heterocycles. The molecule has 24 heavy (non-hydrogen) atoms. The van der Waals surface area contributed by atoms with E-state index in [-0.39, 0.29) is 5.56 Å². The zero-order chi connectivity index (χ0) is 16.7. The van der Waals surface area contributed by atoms with Crippen LogP contribution in [0.1, 0.15) is 27.6 Å². The first-order valence-corrected chi connectivity index (χ1v) is 7.56. The van der Waals surface area contributed by atoms with E-state index < -0.39 is 12.1 Å². The molecule has 0 saturated heterocycles. The molecule has 1 unspecified atom stereocenters. The summed E-state index contributed by atoms with van der Waals surface area (Å²) in [5, 5.41) is 19.9. The highest BCUT2D eigenvalue weighted by atomic mass is 16.5. The summed E-state index contributed by atoms with van der Waals surface area (Å²) in [6.45, 7) is 0. The summed E-state index contributed by atoms with van der Waals surface area (Å²) in [6.07, 6.45) is -0.791. The fourth-order valence-corrected chi connectivity index (χ4v) is 3.03. The molecule has 1 atom stereocenters. The molecule has 4 heteroatoms. The largest absolute Gasteiger partial charge is 0.478 e. The van der Waals surface area contributed by atoms with Gasteiger partial charge in [0.15, 0.2) is 0 Å². The topological polar surface area (TPSA) is 66.8 Å². The molecule has 0 radical (unpaired) electrons. The molecule has 2 N–H and O–H groups in total. The first kappa shape index (κ1) is 14.5. The van der Waals surface area contributed by atoms with Crippen LogP contribution in [0.15, 0.2) is 66.7 Å². The molecular weight excluding hydrogens is 304 g/mol. The van der Waals surface area contributed by atoms with Crippen LogP contribution in [0.5, 0.6) is 11.5 Å². The molecule has 0 fully saturated rings. The zero-order valence-electron chi connectivity index (χ0n) is 12.6. The van der Waals surface area contributed by atoms with Crippen molar-refractivity contribution < 1.29 is 19.7 Å². The molecule has 1 aliphatic heterocycles. The number of hydrogen-bond acceptors (Lipinski definition) is 3. The smallest absolute Gasteiger partial charge is 0.335 e. The fourth-order valence-electron chi connectivity index (χ4n) is 3.03. The first-order valence-electron chi connectivity index (χ1n) is 7.56. The van der Waals surface area contributed by atoms with Crippen molar-refractivity contribution in [2.75, 3.05) is 0 Å². The quantitative estimate of drug-likeness (QED) is 0.741. The van der Waals surface area contributed by atoms with Crippen molar-refractivity contribution in [1.82, 2.24) is 0 Å². The van der Waals surface area contributed by atoms with Crippen LogP contribution in [0.2, 0.25) is 0 Å². The Kier molecular flexibility index (Phi) is 3.32. The number of aromatic carboxylic acids is 1. The highest BCUT2D eigenvalue weighted by Crippen LogP contribution is 2.46. The van der Waals surface area contributed by atoms with Crippen LogP contribution in [-0.2, 0) is 0 Å². The predicted octanol–water partition coefficient (Wildman–Crippen LogP) is 4.24. The monoisotopic (exact) mass is 318 g/mol. The second-order valence-electron chi connectivity index (χ2n) is 5.64. The minimum Gasteiger partial charge on any atom is -0.478 e. The number of rotatable bonds is 2. The highest BCUT2D eigenvalue weighted by molar-refractivity contribution is 5.88. The van der Waals surface area contributed by atoms with Gasteiger partial charge in [-0.3, -0.25) is 0 Å². The molecule has 0 spiro atoms. The van der Waals surface area contributed by atoms with Gasteiger partial charge in [0, 0.05) is 11.1 Å². The molecule has 1 aliphatic rings. The lowest BCUT2D eigenvalue weighted by molar-refractivity contribution is 0.0697. The number of carbonyl (C=O) groups is 1. The minimum absolute atomic E-state index is 0.227. The average molecular weight is 318 g/mol. The summed E-state index contributed by atoms with van der Waals surface area (Å²) in [4.78, 5) is 11.0. The summed E-state index contributed by atoms with van der Waals surface area (Å²) in [5.41, 5.74) is 3.30. The Morgan fingerprint density at radius 1 is 0.875 bits per heavy atom. The third-order valence-corrected chi connectivity index (χ3v) is 4.22. The third-order valence-electron chi connectivity index (χ3n) is 4.22. The number of benzene rings is 3. The second kappa shape index (κ2) is 5.51. The molecule has 118 valence electrons. The number of carboxylic acid groups (broad SMARTS) is 1. The molecule has 0 bridgehead atoms. The molecule has 0 aliphatic carbocycles. The SMILES string of the molecule is O=C(O)c1ccc(-c2cccc3c2C(O)c2ccccc2O3)cc1. The van der Waals surface area contributed by atoms with Crippen molar-refractivity contribution in [3.63, 3.8) is 0 Å². The average Bonchev–Trinajstić information content (AvgIpc) is 2.61. The van der Waals surface area contributed by atoms with E-state index in [1.807, 2.05) is 42.5 Å². The highest BCUT2D eigenvalue weighted by Gasteiger charge is 2.28. The molecular formula is C20H14O4. The lowest BCUT2D eigenvalue weighted by atomic mass is 9.89. The Morgan fingerprint density at radius 3 is 2.33 bits per heavy atom. The second-order valence-corrected chi connectivity index (χ2v) is 5.64. The Morgan fingerprint density at radius 2 is 1.58 bits per heavy atom. The van der Waals surface area contributed by atoms with Gasteiger partial charge in [-0.2, -0.15) is 0 Å². The standard InChI is InChI=1S/C20H14O4/c21-19-15-4-1-2-6-16(15)24-17-7-3-5-14(18(17)19)12-8-10-13(11-9-12)20(22)23/h1-11,19,21H,(H,22,23). The van der Waals surface area contributed by atoms with E-state index in [1.54, 1.807) is 24.3 Å². The molecule has 0 saturated carbocycles. The summed E-state index contributed by atoms with van der Waals surface area (Å²) in [7, 11) is 0. The van der Waals surface area contributed by atoms with Gasteiger partial charge in [0.25, 0.3) is 0 Å².